The third kappa shape index (κ3) is 3.32. The summed E-state index contributed by atoms with van der Waals surface area (Å²) >= 11 is 0. The van der Waals surface area contributed by atoms with Crippen molar-refractivity contribution >= 4 is 5.91 Å². The van der Waals surface area contributed by atoms with Gasteiger partial charge in [-0.1, -0.05) is 6.07 Å². The molecule has 4 aliphatic rings. The minimum Gasteiger partial charge on any atom is -0.497 e. The second-order valence-electron chi connectivity index (χ2n) is 9.44. The number of carbonyl (C=O) groups excluding carboxylic acids is 1. The molecule has 1 aliphatic heterocycles. The van der Waals surface area contributed by atoms with Crippen LogP contribution in [0.3, 0.4) is 0 Å². The minimum atomic E-state index is -0.197. The normalized spacial score (nSPS) is 34.3. The van der Waals surface area contributed by atoms with Crippen LogP contribution in [-0.4, -0.2) is 37.6 Å². The molecule has 3 saturated carbocycles. The summed E-state index contributed by atoms with van der Waals surface area (Å²) < 4.78 is 19.2. The zero-order valence-corrected chi connectivity index (χ0v) is 16.7. The maximum Gasteiger partial charge on any atom is 0.223 e. The first-order chi connectivity index (χ1) is 13.6. The molecule has 2 bridgehead atoms. The molecule has 1 saturated heterocycles. The van der Waals surface area contributed by atoms with Crippen molar-refractivity contribution in [1.29, 1.82) is 0 Å². The van der Waals surface area contributed by atoms with Gasteiger partial charge in [-0.15, -0.1) is 0 Å². The van der Waals surface area contributed by atoms with Crippen molar-refractivity contribution in [2.45, 2.75) is 38.6 Å². The van der Waals surface area contributed by atoms with Crippen LogP contribution in [0.1, 0.15) is 37.7 Å². The fourth-order valence-electron chi connectivity index (χ4n) is 6.41. The Kier molecular flexibility index (Phi) is 4.82. The van der Waals surface area contributed by atoms with Crippen molar-refractivity contribution in [2.75, 3.05) is 26.7 Å². The Bertz CT molecular complexity index is 730. The summed E-state index contributed by atoms with van der Waals surface area (Å²) in [6.45, 7) is 3.38. The van der Waals surface area contributed by atoms with Crippen molar-refractivity contribution < 1.29 is 13.9 Å². The predicted octanol–water partition coefficient (Wildman–Crippen LogP) is 3.45. The second-order valence-corrected chi connectivity index (χ2v) is 9.44. The highest BCUT2D eigenvalue weighted by atomic mass is 19.1. The summed E-state index contributed by atoms with van der Waals surface area (Å²) in [5, 5.41) is 3.27. The average molecular weight is 387 g/mol. The van der Waals surface area contributed by atoms with Gasteiger partial charge < -0.3 is 10.1 Å². The van der Waals surface area contributed by atoms with E-state index in [0.717, 1.165) is 61.7 Å². The van der Waals surface area contributed by atoms with Gasteiger partial charge >= 0.3 is 0 Å². The van der Waals surface area contributed by atoms with Crippen LogP contribution >= 0.6 is 0 Å². The van der Waals surface area contributed by atoms with Crippen molar-refractivity contribution in [2.24, 2.45) is 35.5 Å². The smallest absolute Gasteiger partial charge is 0.223 e. The molecule has 1 heterocycles. The number of ether oxygens (including phenoxy) is 1. The van der Waals surface area contributed by atoms with Gasteiger partial charge in [0.25, 0.3) is 0 Å². The number of amides is 1. The van der Waals surface area contributed by atoms with Gasteiger partial charge in [0, 0.05) is 30.6 Å². The molecule has 5 rings (SSSR count). The first-order valence-corrected chi connectivity index (χ1v) is 11.0. The van der Waals surface area contributed by atoms with E-state index in [4.69, 9.17) is 4.74 Å². The lowest BCUT2D eigenvalue weighted by atomic mass is 9.96. The zero-order chi connectivity index (χ0) is 19.3. The number of methoxy groups -OCH3 is 1. The van der Waals surface area contributed by atoms with Crippen molar-refractivity contribution in [3.8, 4) is 5.75 Å². The summed E-state index contributed by atoms with van der Waals surface area (Å²) in [6, 6.07) is 5.09. The first-order valence-electron chi connectivity index (χ1n) is 11.0. The van der Waals surface area contributed by atoms with Crippen LogP contribution in [0.4, 0.5) is 4.39 Å². The number of likely N-dealkylation sites (tertiary alicyclic amines) is 1. The van der Waals surface area contributed by atoms with Crippen LogP contribution in [0, 0.1) is 41.3 Å². The van der Waals surface area contributed by atoms with E-state index in [1.165, 1.54) is 25.3 Å². The highest BCUT2D eigenvalue weighted by molar-refractivity contribution is 5.82. The molecular weight excluding hydrogens is 355 g/mol. The van der Waals surface area contributed by atoms with Gasteiger partial charge in [-0.3, -0.25) is 9.69 Å². The van der Waals surface area contributed by atoms with Crippen molar-refractivity contribution in [3.05, 3.63) is 29.6 Å². The number of piperidine rings is 1. The molecule has 1 amide bonds. The molecule has 5 heteroatoms. The summed E-state index contributed by atoms with van der Waals surface area (Å²) in [5.41, 5.74) is 0.724. The Morgan fingerprint density at radius 3 is 2.54 bits per heavy atom. The van der Waals surface area contributed by atoms with Crippen LogP contribution in [0.2, 0.25) is 0 Å². The third-order valence-electron chi connectivity index (χ3n) is 7.96. The molecule has 5 atom stereocenters. The van der Waals surface area contributed by atoms with E-state index in [0.29, 0.717) is 30.0 Å². The molecule has 0 spiro atoms. The van der Waals surface area contributed by atoms with E-state index in [9.17, 15) is 9.18 Å². The molecule has 4 nitrogen and oxygen atoms in total. The summed E-state index contributed by atoms with van der Waals surface area (Å²) in [7, 11) is 1.55. The quantitative estimate of drug-likeness (QED) is 0.814. The van der Waals surface area contributed by atoms with Gasteiger partial charge in [-0.05, 0) is 80.8 Å². The molecule has 152 valence electrons. The molecule has 0 radical (unpaired) electrons. The lowest BCUT2D eigenvalue weighted by molar-refractivity contribution is -0.123. The molecule has 4 fully saturated rings. The number of nitrogens with zero attached hydrogens (tertiary/aromatic N) is 1. The lowest BCUT2D eigenvalue weighted by Gasteiger charge is -2.32. The predicted molar refractivity (Wildman–Crippen MR) is 105 cm³/mol. The molecule has 28 heavy (non-hydrogen) atoms. The van der Waals surface area contributed by atoms with Crippen LogP contribution in [0.5, 0.6) is 5.75 Å². The van der Waals surface area contributed by atoms with E-state index >= 15 is 0 Å². The fourth-order valence-corrected chi connectivity index (χ4v) is 6.41. The first kappa shape index (κ1) is 18.4. The standard InChI is InChI=1S/C23H31FN2O2/c1-28-18-5-4-17(19(24)11-18)13-26-8-6-14(7-9-26)12-25-23(27)22-20-15-2-3-16(10-15)21(20)22/h4-5,11,14-16,20-22H,2-3,6-10,12-13H2,1H3,(H,25,27)/t15-,16+,20+,21-,22?. The third-order valence-corrected chi connectivity index (χ3v) is 7.96. The van der Waals surface area contributed by atoms with E-state index < -0.39 is 0 Å². The highest BCUT2D eigenvalue weighted by Gasteiger charge is 2.67. The topological polar surface area (TPSA) is 41.6 Å². The Morgan fingerprint density at radius 2 is 1.89 bits per heavy atom. The number of halogens is 1. The molecule has 1 aromatic rings. The van der Waals surface area contributed by atoms with E-state index in [-0.39, 0.29) is 5.82 Å². The zero-order valence-electron chi connectivity index (χ0n) is 16.7. The summed E-state index contributed by atoms with van der Waals surface area (Å²) in [4.78, 5) is 14.9. The van der Waals surface area contributed by atoms with E-state index in [1.54, 1.807) is 7.11 Å². The number of carbonyl (C=O) groups is 1. The maximum absolute atomic E-state index is 14.2. The number of fused-ring (bicyclic) bond motifs is 5. The second kappa shape index (κ2) is 7.33. The van der Waals surface area contributed by atoms with Crippen LogP contribution < -0.4 is 10.1 Å². The van der Waals surface area contributed by atoms with E-state index in [1.807, 2.05) is 12.1 Å². The molecule has 0 aromatic heterocycles. The van der Waals surface area contributed by atoms with Gasteiger partial charge in [-0.25, -0.2) is 4.39 Å². The Balaban J connectivity index is 1.05. The summed E-state index contributed by atoms with van der Waals surface area (Å²) in [5.74, 6) is 4.73. The molecule has 3 aliphatic carbocycles. The highest BCUT2D eigenvalue weighted by Crippen LogP contribution is 2.69. The van der Waals surface area contributed by atoms with Gasteiger partial charge in [0.05, 0.1) is 7.11 Å². The number of benzene rings is 1. The van der Waals surface area contributed by atoms with Crippen LogP contribution in [-0.2, 0) is 11.3 Å². The average Bonchev–Trinajstić information content (AvgIpc) is 3.15. The molecular formula is C23H31FN2O2. The van der Waals surface area contributed by atoms with Gasteiger partial charge in [0.1, 0.15) is 11.6 Å². The maximum atomic E-state index is 14.2. The van der Waals surface area contributed by atoms with E-state index in [2.05, 4.69) is 10.2 Å². The van der Waals surface area contributed by atoms with Gasteiger partial charge in [0.15, 0.2) is 0 Å². The van der Waals surface area contributed by atoms with Gasteiger partial charge in [-0.2, -0.15) is 0 Å². The Morgan fingerprint density at radius 1 is 1.18 bits per heavy atom. The Labute approximate surface area is 166 Å². The number of nitrogens with one attached hydrogen (secondary N) is 1. The van der Waals surface area contributed by atoms with Gasteiger partial charge in [0.2, 0.25) is 5.91 Å². The molecule has 1 N–H and O–H groups in total. The number of hydrogen-bond donors (Lipinski definition) is 1. The monoisotopic (exact) mass is 386 g/mol. The molecule has 1 unspecified atom stereocenters. The largest absolute Gasteiger partial charge is 0.497 e. The van der Waals surface area contributed by atoms with Crippen molar-refractivity contribution in [1.82, 2.24) is 10.2 Å². The molecule has 1 aromatic carbocycles. The SMILES string of the molecule is COc1ccc(CN2CCC(CNC(=O)C3[C@@H]4[C@H]5CC[C@H](C5)[C@H]34)CC2)c(F)c1. The van der Waals surface area contributed by atoms with Crippen LogP contribution in [0.25, 0.3) is 0 Å². The number of hydrogen-bond acceptors (Lipinski definition) is 3. The number of rotatable bonds is 6. The Hall–Kier alpha value is -1.62. The van der Waals surface area contributed by atoms with Crippen LogP contribution in [0.15, 0.2) is 18.2 Å². The summed E-state index contributed by atoms with van der Waals surface area (Å²) in [6.07, 6.45) is 6.26. The van der Waals surface area contributed by atoms with Crippen molar-refractivity contribution in [3.63, 3.8) is 0 Å². The fraction of sp³-hybridized carbons (Fsp3) is 0.696. The lowest BCUT2D eigenvalue weighted by Crippen LogP contribution is -2.39. The minimum absolute atomic E-state index is 0.197.